The number of benzene rings is 2. The van der Waals surface area contributed by atoms with E-state index in [9.17, 15) is 9.18 Å². The van der Waals surface area contributed by atoms with Crippen LogP contribution in [-0.4, -0.2) is 5.91 Å². The Labute approximate surface area is 132 Å². The van der Waals surface area contributed by atoms with Gasteiger partial charge in [-0.2, -0.15) is 0 Å². The lowest BCUT2D eigenvalue weighted by molar-refractivity contribution is 0.103. The number of amides is 1. The van der Waals surface area contributed by atoms with Gasteiger partial charge in [0.15, 0.2) is 0 Å². The number of hydrogen-bond donors (Lipinski definition) is 2. The van der Waals surface area contributed by atoms with Gasteiger partial charge in [0, 0.05) is 14.6 Å². The summed E-state index contributed by atoms with van der Waals surface area (Å²) >= 11 is 4.66. The van der Waals surface area contributed by atoms with Gasteiger partial charge in [-0.25, -0.2) is 4.39 Å². The molecule has 2 aromatic carbocycles. The van der Waals surface area contributed by atoms with E-state index in [0.29, 0.717) is 10.6 Å². The number of thiophene rings is 1. The number of halogens is 2. The number of nitrogen functional groups attached to an aromatic ring is 1. The standard InChI is InChI=1S/C15H10BrFN2OS/c16-8-5-6-9-12(7-8)21-14(13(9)18)15(20)19-11-4-2-1-3-10(11)17/h1-7H,18H2,(H,19,20). The molecule has 3 rings (SSSR count). The van der Waals surface area contributed by atoms with Gasteiger partial charge in [-0.1, -0.05) is 34.1 Å². The highest BCUT2D eigenvalue weighted by Gasteiger charge is 2.17. The Morgan fingerprint density at radius 2 is 2.00 bits per heavy atom. The van der Waals surface area contributed by atoms with Crippen molar-refractivity contribution in [2.75, 3.05) is 11.1 Å². The number of hydrogen-bond acceptors (Lipinski definition) is 3. The molecule has 0 spiro atoms. The molecule has 0 aliphatic rings. The summed E-state index contributed by atoms with van der Waals surface area (Å²) in [5.41, 5.74) is 6.57. The molecule has 106 valence electrons. The second kappa shape index (κ2) is 5.46. The van der Waals surface area contributed by atoms with Crippen molar-refractivity contribution in [3.05, 3.63) is 57.6 Å². The van der Waals surface area contributed by atoms with Gasteiger partial charge in [-0.15, -0.1) is 11.3 Å². The summed E-state index contributed by atoms with van der Waals surface area (Å²) in [6.45, 7) is 0. The molecule has 0 atom stereocenters. The minimum Gasteiger partial charge on any atom is -0.397 e. The van der Waals surface area contributed by atoms with Crippen LogP contribution in [0.1, 0.15) is 9.67 Å². The number of carbonyl (C=O) groups is 1. The number of nitrogens with one attached hydrogen (secondary N) is 1. The fourth-order valence-corrected chi connectivity index (χ4v) is 3.57. The summed E-state index contributed by atoms with van der Waals surface area (Å²) in [6.07, 6.45) is 0. The van der Waals surface area contributed by atoms with E-state index in [1.807, 2.05) is 18.2 Å². The number of fused-ring (bicyclic) bond motifs is 1. The molecule has 3 aromatic rings. The van der Waals surface area contributed by atoms with Crippen molar-refractivity contribution in [3.8, 4) is 0 Å². The van der Waals surface area contributed by atoms with Crippen LogP contribution < -0.4 is 11.1 Å². The van der Waals surface area contributed by atoms with E-state index in [0.717, 1.165) is 14.6 Å². The monoisotopic (exact) mass is 364 g/mol. The van der Waals surface area contributed by atoms with Crippen molar-refractivity contribution in [2.45, 2.75) is 0 Å². The van der Waals surface area contributed by atoms with E-state index in [1.165, 1.54) is 23.5 Å². The zero-order chi connectivity index (χ0) is 15.0. The predicted octanol–water partition coefficient (Wildman–Crippen LogP) is 4.64. The van der Waals surface area contributed by atoms with Gasteiger partial charge in [0.1, 0.15) is 10.7 Å². The third kappa shape index (κ3) is 2.64. The minimum atomic E-state index is -0.478. The van der Waals surface area contributed by atoms with Gasteiger partial charge in [0.05, 0.1) is 11.4 Å². The molecule has 3 nitrogen and oxygen atoms in total. The second-order valence-corrected chi connectivity index (χ2v) is 6.39. The molecule has 21 heavy (non-hydrogen) atoms. The van der Waals surface area contributed by atoms with E-state index >= 15 is 0 Å². The smallest absolute Gasteiger partial charge is 0.267 e. The van der Waals surface area contributed by atoms with E-state index in [2.05, 4.69) is 21.2 Å². The SMILES string of the molecule is Nc1c(C(=O)Nc2ccccc2F)sc2cc(Br)ccc12. The van der Waals surface area contributed by atoms with Gasteiger partial charge in [-0.05, 0) is 24.3 Å². The van der Waals surface area contributed by atoms with E-state index in [1.54, 1.807) is 12.1 Å². The molecule has 1 amide bonds. The summed E-state index contributed by atoms with van der Waals surface area (Å²) in [5, 5.41) is 3.37. The van der Waals surface area contributed by atoms with Gasteiger partial charge < -0.3 is 11.1 Å². The minimum absolute atomic E-state index is 0.139. The Morgan fingerprint density at radius 3 is 2.76 bits per heavy atom. The largest absolute Gasteiger partial charge is 0.397 e. The maximum absolute atomic E-state index is 13.6. The van der Waals surface area contributed by atoms with Gasteiger partial charge >= 0.3 is 0 Å². The van der Waals surface area contributed by atoms with Crippen LogP contribution >= 0.6 is 27.3 Å². The fourth-order valence-electron chi connectivity index (χ4n) is 2.00. The first-order valence-electron chi connectivity index (χ1n) is 6.09. The van der Waals surface area contributed by atoms with E-state index in [4.69, 9.17) is 5.73 Å². The number of rotatable bonds is 2. The van der Waals surface area contributed by atoms with Crippen molar-refractivity contribution in [3.63, 3.8) is 0 Å². The topological polar surface area (TPSA) is 55.1 Å². The van der Waals surface area contributed by atoms with E-state index < -0.39 is 11.7 Å². The normalized spacial score (nSPS) is 10.8. The molecule has 0 saturated carbocycles. The Morgan fingerprint density at radius 1 is 1.24 bits per heavy atom. The third-order valence-electron chi connectivity index (χ3n) is 3.02. The number of carbonyl (C=O) groups excluding carboxylic acids is 1. The van der Waals surface area contributed by atoms with Crippen LogP contribution in [0.25, 0.3) is 10.1 Å². The van der Waals surface area contributed by atoms with E-state index in [-0.39, 0.29) is 5.69 Å². The van der Waals surface area contributed by atoms with Gasteiger partial charge in [0.25, 0.3) is 5.91 Å². The first kappa shape index (κ1) is 14.0. The average Bonchev–Trinajstić information content (AvgIpc) is 2.78. The van der Waals surface area contributed by atoms with Crippen LogP contribution in [0.2, 0.25) is 0 Å². The summed E-state index contributed by atoms with van der Waals surface area (Å²) in [6, 6.07) is 11.6. The van der Waals surface area contributed by atoms with Crippen LogP contribution in [0.4, 0.5) is 15.8 Å². The Hall–Kier alpha value is -1.92. The zero-order valence-corrected chi connectivity index (χ0v) is 13.1. The predicted molar refractivity (Wildman–Crippen MR) is 88.3 cm³/mol. The van der Waals surface area contributed by atoms with Crippen LogP contribution in [0.15, 0.2) is 46.9 Å². The molecular formula is C15H10BrFN2OS. The summed E-state index contributed by atoms with van der Waals surface area (Å²) in [5.74, 6) is -0.886. The number of para-hydroxylation sites is 1. The molecule has 1 aromatic heterocycles. The lowest BCUT2D eigenvalue weighted by Gasteiger charge is -2.05. The Kier molecular flexibility index (Phi) is 3.65. The molecule has 3 N–H and O–H groups in total. The summed E-state index contributed by atoms with van der Waals surface area (Å²) in [7, 11) is 0. The maximum Gasteiger partial charge on any atom is 0.267 e. The molecule has 0 aliphatic carbocycles. The van der Waals surface area contributed by atoms with Crippen molar-refractivity contribution >= 4 is 54.6 Å². The van der Waals surface area contributed by atoms with Crippen LogP contribution in [0.3, 0.4) is 0 Å². The molecule has 0 fully saturated rings. The lowest BCUT2D eigenvalue weighted by Crippen LogP contribution is -2.12. The van der Waals surface area contributed by atoms with Crippen molar-refractivity contribution in [1.29, 1.82) is 0 Å². The summed E-state index contributed by atoms with van der Waals surface area (Å²) < 4.78 is 15.4. The van der Waals surface area contributed by atoms with Crippen molar-refractivity contribution in [1.82, 2.24) is 0 Å². The van der Waals surface area contributed by atoms with Gasteiger partial charge in [-0.3, -0.25) is 4.79 Å². The highest BCUT2D eigenvalue weighted by Crippen LogP contribution is 2.35. The average molecular weight is 365 g/mol. The molecule has 0 aliphatic heterocycles. The number of nitrogens with two attached hydrogens (primary N) is 1. The Balaban J connectivity index is 1.98. The molecule has 0 bridgehead atoms. The second-order valence-electron chi connectivity index (χ2n) is 4.42. The van der Waals surface area contributed by atoms with Crippen molar-refractivity contribution in [2.24, 2.45) is 0 Å². The number of anilines is 2. The highest BCUT2D eigenvalue weighted by atomic mass is 79.9. The van der Waals surface area contributed by atoms with Crippen LogP contribution in [0.5, 0.6) is 0 Å². The van der Waals surface area contributed by atoms with Crippen LogP contribution in [-0.2, 0) is 0 Å². The molecule has 0 saturated heterocycles. The third-order valence-corrected chi connectivity index (χ3v) is 4.68. The lowest BCUT2D eigenvalue weighted by atomic mass is 10.2. The first-order valence-corrected chi connectivity index (χ1v) is 7.70. The summed E-state index contributed by atoms with van der Waals surface area (Å²) in [4.78, 5) is 12.7. The Bertz CT molecular complexity index is 847. The van der Waals surface area contributed by atoms with Crippen LogP contribution in [0, 0.1) is 5.82 Å². The molecule has 6 heteroatoms. The quantitative estimate of drug-likeness (QED) is 0.695. The molecule has 0 unspecified atom stereocenters. The van der Waals surface area contributed by atoms with Crippen molar-refractivity contribution < 1.29 is 9.18 Å². The maximum atomic E-state index is 13.6. The fraction of sp³-hybridized carbons (Fsp3) is 0. The molecule has 0 radical (unpaired) electrons. The highest BCUT2D eigenvalue weighted by molar-refractivity contribution is 9.10. The molecule has 1 heterocycles. The zero-order valence-electron chi connectivity index (χ0n) is 10.7. The molecular weight excluding hydrogens is 355 g/mol. The van der Waals surface area contributed by atoms with Gasteiger partial charge in [0.2, 0.25) is 0 Å². The first-order chi connectivity index (χ1) is 10.1.